The van der Waals surface area contributed by atoms with E-state index < -0.39 is 0 Å². The third kappa shape index (κ3) is 5.40. The molecule has 0 atom stereocenters. The van der Waals surface area contributed by atoms with Crippen molar-refractivity contribution in [2.75, 3.05) is 25.2 Å². The highest BCUT2D eigenvalue weighted by molar-refractivity contribution is 5.37. The van der Waals surface area contributed by atoms with Crippen LogP contribution < -0.4 is 16.0 Å². The molecule has 6 heteroatoms. The standard InChI is InChI=1S/C13H24N4O2/c1-5-6-18-7-8-19-11-9-10(17-14)15-12(16-11)13(2,3)4/h9H,5-8,14H2,1-4H3,(H,15,16,17). The summed E-state index contributed by atoms with van der Waals surface area (Å²) in [4.78, 5) is 8.71. The third-order valence-corrected chi connectivity index (χ3v) is 2.35. The van der Waals surface area contributed by atoms with Gasteiger partial charge in [0.2, 0.25) is 5.88 Å². The smallest absolute Gasteiger partial charge is 0.218 e. The van der Waals surface area contributed by atoms with E-state index in [0.29, 0.717) is 30.7 Å². The van der Waals surface area contributed by atoms with Crippen molar-refractivity contribution in [2.24, 2.45) is 5.84 Å². The minimum Gasteiger partial charge on any atom is -0.475 e. The van der Waals surface area contributed by atoms with E-state index in [2.05, 4.69) is 22.3 Å². The van der Waals surface area contributed by atoms with Gasteiger partial charge >= 0.3 is 0 Å². The molecule has 0 bridgehead atoms. The summed E-state index contributed by atoms with van der Waals surface area (Å²) in [5.74, 6) is 7.15. The van der Waals surface area contributed by atoms with Crippen LogP contribution in [0, 0.1) is 0 Å². The number of hydrogen-bond donors (Lipinski definition) is 2. The van der Waals surface area contributed by atoms with Crippen LogP contribution in [0.25, 0.3) is 0 Å². The van der Waals surface area contributed by atoms with E-state index in [1.165, 1.54) is 0 Å². The minimum absolute atomic E-state index is 0.163. The van der Waals surface area contributed by atoms with Gasteiger partial charge in [0.25, 0.3) is 0 Å². The maximum Gasteiger partial charge on any atom is 0.218 e. The number of hydrogen-bond acceptors (Lipinski definition) is 6. The third-order valence-electron chi connectivity index (χ3n) is 2.35. The second-order valence-electron chi connectivity index (χ2n) is 5.27. The number of rotatable bonds is 7. The van der Waals surface area contributed by atoms with Crippen LogP contribution in [0.5, 0.6) is 5.88 Å². The van der Waals surface area contributed by atoms with Crippen LogP contribution in [0.2, 0.25) is 0 Å². The van der Waals surface area contributed by atoms with E-state index in [1.54, 1.807) is 6.07 Å². The van der Waals surface area contributed by atoms with Crippen molar-refractivity contribution in [1.29, 1.82) is 0 Å². The van der Waals surface area contributed by atoms with Gasteiger partial charge in [-0.3, -0.25) is 0 Å². The molecule has 3 N–H and O–H groups in total. The number of nitrogens with zero attached hydrogens (tertiary/aromatic N) is 2. The van der Waals surface area contributed by atoms with Gasteiger partial charge in [0.05, 0.1) is 6.61 Å². The van der Waals surface area contributed by atoms with Gasteiger partial charge in [-0.15, -0.1) is 0 Å². The molecule has 6 nitrogen and oxygen atoms in total. The van der Waals surface area contributed by atoms with E-state index in [1.807, 2.05) is 20.8 Å². The second kappa shape index (κ2) is 7.25. The van der Waals surface area contributed by atoms with Crippen molar-refractivity contribution < 1.29 is 9.47 Å². The van der Waals surface area contributed by atoms with E-state index >= 15 is 0 Å². The molecular weight excluding hydrogens is 244 g/mol. The van der Waals surface area contributed by atoms with Crippen molar-refractivity contribution in [3.05, 3.63) is 11.9 Å². The molecule has 0 unspecified atom stereocenters. The topological polar surface area (TPSA) is 82.3 Å². The molecule has 108 valence electrons. The fourth-order valence-electron chi connectivity index (χ4n) is 1.36. The van der Waals surface area contributed by atoms with Crippen LogP contribution in [0.15, 0.2) is 6.07 Å². The lowest BCUT2D eigenvalue weighted by molar-refractivity contribution is 0.0988. The Morgan fingerprint density at radius 3 is 2.53 bits per heavy atom. The average molecular weight is 268 g/mol. The Labute approximate surface area is 114 Å². The van der Waals surface area contributed by atoms with Crippen molar-refractivity contribution in [3.8, 4) is 5.88 Å². The SMILES string of the molecule is CCCOCCOc1cc(NN)nc(C(C)(C)C)n1. The molecule has 0 aliphatic heterocycles. The molecule has 0 saturated carbocycles. The Kier molecular flexibility index (Phi) is 5.98. The van der Waals surface area contributed by atoms with Gasteiger partial charge in [0, 0.05) is 18.1 Å². The summed E-state index contributed by atoms with van der Waals surface area (Å²) in [7, 11) is 0. The van der Waals surface area contributed by atoms with Gasteiger partial charge in [-0.05, 0) is 6.42 Å². The summed E-state index contributed by atoms with van der Waals surface area (Å²) in [6.07, 6.45) is 1.00. The molecule has 1 aromatic rings. The largest absolute Gasteiger partial charge is 0.475 e. The van der Waals surface area contributed by atoms with Gasteiger partial charge in [-0.25, -0.2) is 10.8 Å². The maximum atomic E-state index is 5.56. The molecule has 0 fully saturated rings. The van der Waals surface area contributed by atoms with E-state index in [0.717, 1.165) is 13.0 Å². The molecule has 0 saturated heterocycles. The highest BCUT2D eigenvalue weighted by Gasteiger charge is 2.19. The Balaban J connectivity index is 2.67. The van der Waals surface area contributed by atoms with Gasteiger partial charge in [-0.1, -0.05) is 27.7 Å². The van der Waals surface area contributed by atoms with Crippen molar-refractivity contribution in [3.63, 3.8) is 0 Å². The van der Waals surface area contributed by atoms with Gasteiger partial charge in [0.1, 0.15) is 18.2 Å². The number of aromatic nitrogens is 2. The number of hydrazine groups is 1. The molecule has 0 radical (unpaired) electrons. The number of ether oxygens (including phenoxy) is 2. The molecule has 0 spiro atoms. The van der Waals surface area contributed by atoms with Gasteiger partial charge < -0.3 is 14.9 Å². The van der Waals surface area contributed by atoms with E-state index in [-0.39, 0.29) is 5.41 Å². The molecule has 1 rings (SSSR count). The monoisotopic (exact) mass is 268 g/mol. The number of nitrogen functional groups attached to an aromatic ring is 1. The number of nitrogens with two attached hydrogens (primary N) is 1. The highest BCUT2D eigenvalue weighted by Crippen LogP contribution is 2.22. The lowest BCUT2D eigenvalue weighted by Crippen LogP contribution is -2.19. The minimum atomic E-state index is -0.163. The number of nitrogens with one attached hydrogen (secondary N) is 1. The summed E-state index contributed by atoms with van der Waals surface area (Å²) in [6.45, 7) is 9.94. The first-order chi connectivity index (χ1) is 8.97. The van der Waals surface area contributed by atoms with Crippen molar-refractivity contribution in [1.82, 2.24) is 9.97 Å². The van der Waals surface area contributed by atoms with Gasteiger partial charge in [-0.2, -0.15) is 4.98 Å². The Hall–Kier alpha value is -1.40. The first-order valence-corrected chi connectivity index (χ1v) is 6.54. The fourth-order valence-corrected chi connectivity index (χ4v) is 1.36. The summed E-state index contributed by atoms with van der Waals surface area (Å²) in [6, 6.07) is 1.68. The van der Waals surface area contributed by atoms with Crippen LogP contribution in [0.3, 0.4) is 0 Å². The second-order valence-corrected chi connectivity index (χ2v) is 5.27. The first-order valence-electron chi connectivity index (χ1n) is 6.54. The lowest BCUT2D eigenvalue weighted by Gasteiger charge is -2.18. The molecule has 19 heavy (non-hydrogen) atoms. The zero-order chi connectivity index (χ0) is 14.3. The first kappa shape index (κ1) is 15.7. The maximum absolute atomic E-state index is 5.56. The number of anilines is 1. The van der Waals surface area contributed by atoms with Crippen LogP contribution >= 0.6 is 0 Å². The van der Waals surface area contributed by atoms with Crippen molar-refractivity contribution in [2.45, 2.75) is 39.5 Å². The molecule has 1 aromatic heterocycles. The predicted molar refractivity (Wildman–Crippen MR) is 75.1 cm³/mol. The van der Waals surface area contributed by atoms with Crippen LogP contribution in [-0.4, -0.2) is 29.8 Å². The molecule has 0 aromatic carbocycles. The summed E-state index contributed by atoms with van der Waals surface area (Å²) < 4.78 is 10.9. The average Bonchev–Trinajstić information content (AvgIpc) is 2.37. The predicted octanol–water partition coefficient (Wildman–Crippen LogP) is 1.87. The molecule has 0 amide bonds. The fraction of sp³-hybridized carbons (Fsp3) is 0.692. The van der Waals surface area contributed by atoms with Crippen molar-refractivity contribution >= 4 is 5.82 Å². The summed E-state index contributed by atoms with van der Waals surface area (Å²) in [5.41, 5.74) is 2.37. The lowest BCUT2D eigenvalue weighted by atomic mass is 9.96. The van der Waals surface area contributed by atoms with E-state index in [9.17, 15) is 0 Å². The van der Waals surface area contributed by atoms with Crippen LogP contribution in [0.4, 0.5) is 5.82 Å². The van der Waals surface area contributed by atoms with Crippen LogP contribution in [-0.2, 0) is 10.2 Å². The molecule has 0 aliphatic rings. The van der Waals surface area contributed by atoms with E-state index in [4.69, 9.17) is 15.3 Å². The Morgan fingerprint density at radius 1 is 1.21 bits per heavy atom. The molecule has 1 heterocycles. The highest BCUT2D eigenvalue weighted by atomic mass is 16.5. The summed E-state index contributed by atoms with van der Waals surface area (Å²) in [5, 5.41) is 0. The quantitative estimate of drug-likeness (QED) is 0.446. The molecule has 0 aliphatic carbocycles. The zero-order valence-electron chi connectivity index (χ0n) is 12.2. The molecular formula is C13H24N4O2. The zero-order valence-corrected chi connectivity index (χ0v) is 12.2. The van der Waals surface area contributed by atoms with Gasteiger partial charge in [0.15, 0.2) is 0 Å². The Morgan fingerprint density at radius 2 is 1.95 bits per heavy atom. The normalized spacial score (nSPS) is 11.4. The summed E-state index contributed by atoms with van der Waals surface area (Å²) >= 11 is 0. The Bertz CT molecular complexity index is 391. The van der Waals surface area contributed by atoms with Crippen LogP contribution in [0.1, 0.15) is 39.9 Å².